The molecule has 6 aliphatic rings. The first kappa shape index (κ1) is 8.89. The standard InChI is InChI=1S/C14H18O3/c1-4-11-7-16-13-6-3-10(1)2-5-12(8-15-11,17-9-13)14(10,11)13/h1-9H2/t10?,11-,12-,13-,14?/m1/s1. The van der Waals surface area contributed by atoms with Crippen LogP contribution in [0, 0.1) is 10.8 Å². The molecule has 0 aromatic rings. The highest BCUT2D eigenvalue weighted by Crippen LogP contribution is 2.88. The first-order valence-electron chi connectivity index (χ1n) is 7.16. The number of rotatable bonds is 0. The molecule has 3 nitrogen and oxygen atoms in total. The summed E-state index contributed by atoms with van der Waals surface area (Å²) in [6.45, 7) is 2.54. The lowest BCUT2D eigenvalue weighted by atomic mass is 9.58. The van der Waals surface area contributed by atoms with Gasteiger partial charge in [-0.25, -0.2) is 0 Å². The van der Waals surface area contributed by atoms with E-state index in [-0.39, 0.29) is 22.2 Å². The molecule has 0 radical (unpaired) electrons. The Hall–Kier alpha value is -0.120. The highest BCUT2D eigenvalue weighted by molar-refractivity contribution is 5.43. The molecule has 3 atom stereocenters. The van der Waals surface area contributed by atoms with Crippen molar-refractivity contribution in [3.63, 3.8) is 0 Å². The maximum absolute atomic E-state index is 6.36. The molecule has 3 aliphatic carbocycles. The topological polar surface area (TPSA) is 27.7 Å². The van der Waals surface area contributed by atoms with Gasteiger partial charge in [0.05, 0.1) is 25.2 Å². The zero-order valence-corrected chi connectivity index (χ0v) is 10.1. The summed E-state index contributed by atoms with van der Waals surface area (Å²) in [6.07, 6.45) is 7.76. The summed E-state index contributed by atoms with van der Waals surface area (Å²) < 4.78 is 19.1. The van der Waals surface area contributed by atoms with Gasteiger partial charge in [0, 0.05) is 0 Å². The molecular formula is C14H18O3. The average Bonchev–Trinajstić information content (AvgIpc) is 3.05. The summed E-state index contributed by atoms with van der Waals surface area (Å²) >= 11 is 0. The van der Waals surface area contributed by atoms with E-state index in [1.165, 1.54) is 38.5 Å². The van der Waals surface area contributed by atoms with Gasteiger partial charge in [-0.2, -0.15) is 0 Å². The third kappa shape index (κ3) is 0.504. The average molecular weight is 234 g/mol. The molecule has 3 saturated carbocycles. The molecule has 3 heterocycles. The fourth-order valence-corrected chi connectivity index (χ4v) is 7.49. The van der Waals surface area contributed by atoms with Crippen LogP contribution in [0.5, 0.6) is 0 Å². The summed E-state index contributed by atoms with van der Waals surface area (Å²) in [7, 11) is 0. The quantitative estimate of drug-likeness (QED) is 0.638. The van der Waals surface area contributed by atoms with Crippen molar-refractivity contribution in [1.82, 2.24) is 0 Å². The van der Waals surface area contributed by atoms with Crippen molar-refractivity contribution in [1.29, 1.82) is 0 Å². The zero-order valence-electron chi connectivity index (χ0n) is 10.1. The number of hydrogen-bond donors (Lipinski definition) is 0. The predicted octanol–water partition coefficient (Wildman–Crippen LogP) is 1.65. The first-order chi connectivity index (χ1) is 8.24. The Labute approximate surface area is 101 Å². The van der Waals surface area contributed by atoms with Crippen molar-refractivity contribution in [2.24, 2.45) is 10.8 Å². The molecule has 3 heteroatoms. The molecule has 0 N–H and O–H groups in total. The minimum atomic E-state index is 0.0382. The van der Waals surface area contributed by atoms with Crippen molar-refractivity contribution >= 4 is 0 Å². The van der Waals surface area contributed by atoms with E-state index in [1.54, 1.807) is 0 Å². The van der Waals surface area contributed by atoms with Crippen molar-refractivity contribution in [3.05, 3.63) is 0 Å². The van der Waals surface area contributed by atoms with Crippen molar-refractivity contribution in [2.75, 3.05) is 19.8 Å². The van der Waals surface area contributed by atoms with Crippen LogP contribution in [-0.2, 0) is 14.2 Å². The van der Waals surface area contributed by atoms with Crippen molar-refractivity contribution in [3.8, 4) is 0 Å². The van der Waals surface area contributed by atoms with Crippen LogP contribution < -0.4 is 0 Å². The van der Waals surface area contributed by atoms with Gasteiger partial charge >= 0.3 is 0 Å². The van der Waals surface area contributed by atoms with Gasteiger partial charge in [-0.1, -0.05) is 0 Å². The molecular weight excluding hydrogens is 216 g/mol. The molecule has 0 unspecified atom stereocenters. The van der Waals surface area contributed by atoms with Crippen LogP contribution in [-0.4, -0.2) is 36.6 Å². The Morgan fingerprint density at radius 2 is 0.941 bits per heavy atom. The van der Waals surface area contributed by atoms with Crippen LogP contribution in [0.3, 0.4) is 0 Å². The Morgan fingerprint density at radius 1 is 0.529 bits per heavy atom. The summed E-state index contributed by atoms with van der Waals surface area (Å²) in [6, 6.07) is 0. The Kier molecular flexibility index (Phi) is 1.05. The van der Waals surface area contributed by atoms with E-state index in [2.05, 4.69) is 0 Å². The Balaban J connectivity index is 1.81. The van der Waals surface area contributed by atoms with Gasteiger partial charge in [0.15, 0.2) is 0 Å². The van der Waals surface area contributed by atoms with Crippen LogP contribution in [0.1, 0.15) is 38.5 Å². The highest BCUT2D eigenvalue weighted by Gasteiger charge is 2.96. The predicted molar refractivity (Wildman–Crippen MR) is 58.6 cm³/mol. The minimum absolute atomic E-state index is 0.0382. The second-order valence-electron chi connectivity index (χ2n) is 7.38. The van der Waals surface area contributed by atoms with Crippen LogP contribution in [0.4, 0.5) is 0 Å². The number of hydrogen-bond acceptors (Lipinski definition) is 3. The van der Waals surface area contributed by atoms with E-state index in [9.17, 15) is 0 Å². The summed E-state index contributed by atoms with van der Waals surface area (Å²) in [4.78, 5) is 0. The lowest BCUT2D eigenvalue weighted by molar-refractivity contribution is -0.0453. The fraction of sp³-hybridized carbons (Fsp3) is 1.00. The smallest absolute Gasteiger partial charge is 0.103 e. The molecule has 0 aromatic carbocycles. The normalized spacial score (nSPS) is 73.4. The summed E-state index contributed by atoms with van der Waals surface area (Å²) in [5.41, 5.74) is 0.875. The van der Waals surface area contributed by atoms with Crippen LogP contribution in [0.25, 0.3) is 0 Å². The van der Waals surface area contributed by atoms with E-state index < -0.39 is 0 Å². The fourth-order valence-electron chi connectivity index (χ4n) is 7.49. The van der Waals surface area contributed by atoms with Crippen molar-refractivity contribution < 1.29 is 14.2 Å². The SMILES string of the molecule is C1C[C@]23CO[C@]45CCC16CC[C@](CO2)(OC4)C635. The van der Waals surface area contributed by atoms with Crippen molar-refractivity contribution in [2.45, 2.75) is 55.3 Å². The second-order valence-corrected chi connectivity index (χ2v) is 7.38. The lowest BCUT2D eigenvalue weighted by Crippen LogP contribution is -2.56. The molecule has 6 fully saturated rings. The minimum Gasteiger partial charge on any atom is -0.369 e. The molecule has 17 heavy (non-hydrogen) atoms. The molecule has 3 saturated heterocycles. The van der Waals surface area contributed by atoms with E-state index in [4.69, 9.17) is 14.2 Å². The van der Waals surface area contributed by atoms with Crippen LogP contribution in [0.2, 0.25) is 0 Å². The van der Waals surface area contributed by atoms with E-state index in [1.807, 2.05) is 0 Å². The lowest BCUT2D eigenvalue weighted by Gasteiger charge is -2.43. The van der Waals surface area contributed by atoms with Gasteiger partial charge in [0.2, 0.25) is 0 Å². The van der Waals surface area contributed by atoms with Gasteiger partial charge in [-0.3, -0.25) is 0 Å². The largest absolute Gasteiger partial charge is 0.369 e. The molecule has 1 spiro atoms. The van der Waals surface area contributed by atoms with E-state index in [0.717, 1.165) is 19.8 Å². The van der Waals surface area contributed by atoms with Gasteiger partial charge in [0.25, 0.3) is 0 Å². The molecule has 0 bridgehead atoms. The van der Waals surface area contributed by atoms with Gasteiger partial charge in [-0.05, 0) is 43.9 Å². The maximum Gasteiger partial charge on any atom is 0.103 e. The highest BCUT2D eigenvalue weighted by atomic mass is 16.6. The molecule has 0 amide bonds. The third-order valence-corrected chi connectivity index (χ3v) is 7.61. The summed E-state index contributed by atoms with van der Waals surface area (Å²) in [5.74, 6) is 0. The van der Waals surface area contributed by atoms with Gasteiger partial charge in [-0.15, -0.1) is 0 Å². The Bertz CT molecular complexity index is 320. The van der Waals surface area contributed by atoms with Gasteiger partial charge < -0.3 is 14.2 Å². The van der Waals surface area contributed by atoms with Gasteiger partial charge in [0.1, 0.15) is 16.8 Å². The summed E-state index contributed by atoms with van der Waals surface area (Å²) in [5, 5.41) is 0. The molecule has 6 rings (SSSR count). The maximum atomic E-state index is 6.36. The second kappa shape index (κ2) is 2.00. The van der Waals surface area contributed by atoms with E-state index >= 15 is 0 Å². The van der Waals surface area contributed by atoms with Crippen LogP contribution >= 0.6 is 0 Å². The molecule has 92 valence electrons. The van der Waals surface area contributed by atoms with E-state index in [0.29, 0.717) is 5.41 Å². The Morgan fingerprint density at radius 3 is 1.35 bits per heavy atom. The van der Waals surface area contributed by atoms with Crippen LogP contribution in [0.15, 0.2) is 0 Å². The zero-order chi connectivity index (χ0) is 11.0. The monoisotopic (exact) mass is 234 g/mol. The number of ether oxygens (including phenoxy) is 3. The first-order valence-corrected chi connectivity index (χ1v) is 7.16. The molecule has 3 aliphatic heterocycles. The molecule has 0 aromatic heterocycles. The third-order valence-electron chi connectivity index (χ3n) is 7.61.